The Balaban J connectivity index is 1.77. The summed E-state index contributed by atoms with van der Waals surface area (Å²) >= 11 is 0. The number of carbonyl (C=O) groups excluding carboxylic acids is 1. The summed E-state index contributed by atoms with van der Waals surface area (Å²) in [5, 5.41) is 3.20. The molecule has 0 bridgehead atoms. The number of benzene rings is 1. The molecule has 0 heterocycles. The Morgan fingerprint density at radius 2 is 1.89 bits per heavy atom. The van der Waals surface area contributed by atoms with Crippen molar-refractivity contribution in [2.45, 2.75) is 46.0 Å². The van der Waals surface area contributed by atoms with Crippen molar-refractivity contribution in [2.24, 2.45) is 17.8 Å². The Labute approximate surface area is 115 Å². The fourth-order valence-electron chi connectivity index (χ4n) is 3.50. The maximum absolute atomic E-state index is 12.4. The number of hydrogen-bond donors (Lipinski definition) is 1. The average Bonchev–Trinajstić information content (AvgIpc) is 2.98. The highest BCUT2D eigenvalue weighted by Gasteiger charge is 2.48. The molecule has 2 heteroatoms. The average molecular weight is 257 g/mol. The SMILES string of the molecule is Cc1cccc(C(C)C)c1NC(=O)C1CC2CC2C1. The molecule has 2 unspecified atom stereocenters. The van der Waals surface area contributed by atoms with Crippen molar-refractivity contribution in [3.05, 3.63) is 29.3 Å². The minimum atomic E-state index is 0.239. The summed E-state index contributed by atoms with van der Waals surface area (Å²) in [6.45, 7) is 6.43. The molecule has 0 aliphatic heterocycles. The molecule has 2 aliphatic carbocycles. The molecule has 2 nitrogen and oxygen atoms in total. The number of fused-ring (bicyclic) bond motifs is 1. The smallest absolute Gasteiger partial charge is 0.227 e. The molecule has 1 N–H and O–H groups in total. The highest BCUT2D eigenvalue weighted by Crippen LogP contribution is 2.54. The zero-order valence-corrected chi connectivity index (χ0v) is 12.1. The minimum absolute atomic E-state index is 0.239. The molecular weight excluding hydrogens is 234 g/mol. The van der Waals surface area contributed by atoms with E-state index >= 15 is 0 Å². The third-order valence-electron chi connectivity index (χ3n) is 4.79. The van der Waals surface area contributed by atoms with Crippen molar-refractivity contribution in [1.29, 1.82) is 0 Å². The van der Waals surface area contributed by atoms with Gasteiger partial charge in [0.2, 0.25) is 5.91 Å². The Bertz CT molecular complexity index is 496. The van der Waals surface area contributed by atoms with Gasteiger partial charge in [0, 0.05) is 11.6 Å². The zero-order chi connectivity index (χ0) is 13.6. The predicted octanol–water partition coefficient (Wildman–Crippen LogP) is 4.10. The van der Waals surface area contributed by atoms with Crippen LogP contribution in [0, 0.1) is 24.7 Å². The minimum Gasteiger partial charge on any atom is -0.325 e. The van der Waals surface area contributed by atoms with Crippen molar-refractivity contribution in [3.63, 3.8) is 0 Å². The maximum Gasteiger partial charge on any atom is 0.227 e. The second-order valence-electron chi connectivity index (χ2n) is 6.61. The summed E-state index contributed by atoms with van der Waals surface area (Å²) in [7, 11) is 0. The first-order valence-electron chi connectivity index (χ1n) is 7.46. The third-order valence-corrected chi connectivity index (χ3v) is 4.79. The lowest BCUT2D eigenvalue weighted by Gasteiger charge is -2.19. The number of rotatable bonds is 3. The van der Waals surface area contributed by atoms with Gasteiger partial charge in [-0.25, -0.2) is 0 Å². The van der Waals surface area contributed by atoms with Crippen LogP contribution in [0.25, 0.3) is 0 Å². The highest BCUT2D eigenvalue weighted by molar-refractivity contribution is 5.94. The first-order chi connectivity index (χ1) is 9.06. The van der Waals surface area contributed by atoms with Crippen LogP contribution >= 0.6 is 0 Å². The van der Waals surface area contributed by atoms with Crippen LogP contribution in [0.5, 0.6) is 0 Å². The van der Waals surface area contributed by atoms with Crippen LogP contribution in [-0.4, -0.2) is 5.91 Å². The molecule has 2 atom stereocenters. The van der Waals surface area contributed by atoms with Crippen LogP contribution in [0.15, 0.2) is 18.2 Å². The Morgan fingerprint density at radius 3 is 2.53 bits per heavy atom. The van der Waals surface area contributed by atoms with Crippen molar-refractivity contribution in [1.82, 2.24) is 0 Å². The molecule has 19 heavy (non-hydrogen) atoms. The van der Waals surface area contributed by atoms with Gasteiger partial charge in [0.1, 0.15) is 0 Å². The molecule has 1 amide bonds. The topological polar surface area (TPSA) is 29.1 Å². The lowest BCUT2D eigenvalue weighted by Crippen LogP contribution is -2.23. The van der Waals surface area contributed by atoms with E-state index in [-0.39, 0.29) is 11.8 Å². The summed E-state index contributed by atoms with van der Waals surface area (Å²) in [4.78, 5) is 12.4. The molecular formula is C17H23NO. The maximum atomic E-state index is 12.4. The van der Waals surface area contributed by atoms with E-state index in [1.807, 2.05) is 0 Å². The summed E-state index contributed by atoms with van der Waals surface area (Å²) in [6.07, 6.45) is 3.59. The van der Waals surface area contributed by atoms with E-state index in [1.165, 1.54) is 17.5 Å². The standard InChI is InChI=1S/C17H23NO/c1-10(2)15-6-4-5-11(3)16(15)18-17(19)14-8-12-7-13(12)9-14/h4-6,10,12-14H,7-9H2,1-3H3,(H,18,19). The van der Waals surface area contributed by atoms with Crippen LogP contribution in [0.2, 0.25) is 0 Å². The van der Waals surface area contributed by atoms with Gasteiger partial charge in [-0.15, -0.1) is 0 Å². The van der Waals surface area contributed by atoms with Gasteiger partial charge in [-0.05, 0) is 55.1 Å². The van der Waals surface area contributed by atoms with Crippen molar-refractivity contribution in [3.8, 4) is 0 Å². The molecule has 0 radical (unpaired) electrons. The second-order valence-corrected chi connectivity index (χ2v) is 6.61. The fraction of sp³-hybridized carbons (Fsp3) is 0.588. The number of para-hydroxylation sites is 1. The Hall–Kier alpha value is -1.31. The number of hydrogen-bond acceptors (Lipinski definition) is 1. The van der Waals surface area contributed by atoms with Crippen LogP contribution in [0.3, 0.4) is 0 Å². The van der Waals surface area contributed by atoms with Gasteiger partial charge in [0.15, 0.2) is 0 Å². The Kier molecular flexibility index (Phi) is 3.12. The molecule has 0 saturated heterocycles. The molecule has 2 saturated carbocycles. The number of carbonyl (C=O) groups is 1. The molecule has 2 aliphatic rings. The molecule has 102 valence electrons. The van der Waals surface area contributed by atoms with Gasteiger partial charge in [-0.1, -0.05) is 32.0 Å². The normalized spacial score (nSPS) is 28.3. The van der Waals surface area contributed by atoms with Gasteiger partial charge < -0.3 is 5.32 Å². The molecule has 2 fully saturated rings. The van der Waals surface area contributed by atoms with Crippen LogP contribution in [0.4, 0.5) is 5.69 Å². The van der Waals surface area contributed by atoms with Gasteiger partial charge in [-0.3, -0.25) is 4.79 Å². The lowest BCUT2D eigenvalue weighted by atomic mass is 9.97. The Morgan fingerprint density at radius 1 is 1.21 bits per heavy atom. The second kappa shape index (κ2) is 4.66. The largest absolute Gasteiger partial charge is 0.325 e. The zero-order valence-electron chi connectivity index (χ0n) is 12.1. The summed E-state index contributed by atoms with van der Waals surface area (Å²) in [5.74, 6) is 2.65. The van der Waals surface area contributed by atoms with E-state index in [2.05, 4.69) is 44.3 Å². The van der Waals surface area contributed by atoms with Crippen molar-refractivity contribution in [2.75, 3.05) is 5.32 Å². The molecule has 1 aromatic carbocycles. The van der Waals surface area contributed by atoms with Gasteiger partial charge in [0.25, 0.3) is 0 Å². The third kappa shape index (κ3) is 2.41. The van der Waals surface area contributed by atoms with Crippen molar-refractivity contribution < 1.29 is 4.79 Å². The molecule has 1 aromatic rings. The summed E-state index contributed by atoms with van der Waals surface area (Å²) in [5.41, 5.74) is 3.46. The summed E-state index contributed by atoms with van der Waals surface area (Å²) < 4.78 is 0. The number of amides is 1. The van der Waals surface area contributed by atoms with E-state index in [0.717, 1.165) is 30.4 Å². The number of aryl methyl sites for hydroxylation is 1. The first-order valence-corrected chi connectivity index (χ1v) is 7.46. The van der Waals surface area contributed by atoms with Gasteiger partial charge >= 0.3 is 0 Å². The van der Waals surface area contributed by atoms with Crippen LogP contribution in [0.1, 0.15) is 50.2 Å². The van der Waals surface area contributed by atoms with Crippen LogP contribution < -0.4 is 5.32 Å². The van der Waals surface area contributed by atoms with Gasteiger partial charge in [0.05, 0.1) is 0 Å². The lowest BCUT2D eigenvalue weighted by molar-refractivity contribution is -0.120. The fourth-order valence-corrected chi connectivity index (χ4v) is 3.50. The number of anilines is 1. The predicted molar refractivity (Wildman–Crippen MR) is 78.2 cm³/mol. The van der Waals surface area contributed by atoms with Crippen LogP contribution in [-0.2, 0) is 4.79 Å². The number of nitrogens with one attached hydrogen (secondary N) is 1. The first kappa shape index (κ1) is 12.7. The van der Waals surface area contributed by atoms with E-state index in [0.29, 0.717) is 5.92 Å². The van der Waals surface area contributed by atoms with E-state index in [1.54, 1.807) is 0 Å². The van der Waals surface area contributed by atoms with E-state index in [4.69, 9.17) is 0 Å². The van der Waals surface area contributed by atoms with E-state index in [9.17, 15) is 4.79 Å². The highest BCUT2D eigenvalue weighted by atomic mass is 16.1. The van der Waals surface area contributed by atoms with E-state index < -0.39 is 0 Å². The summed E-state index contributed by atoms with van der Waals surface area (Å²) in [6, 6.07) is 6.28. The molecule has 3 rings (SSSR count). The molecule has 0 spiro atoms. The van der Waals surface area contributed by atoms with Crippen molar-refractivity contribution >= 4 is 11.6 Å². The molecule has 0 aromatic heterocycles. The van der Waals surface area contributed by atoms with Gasteiger partial charge in [-0.2, -0.15) is 0 Å². The quantitative estimate of drug-likeness (QED) is 0.867. The monoisotopic (exact) mass is 257 g/mol.